The highest BCUT2D eigenvalue weighted by molar-refractivity contribution is 5.70. The average Bonchev–Trinajstić information content (AvgIpc) is 2.39. The highest BCUT2D eigenvalue weighted by atomic mass is 16.5. The molecular formula is C52H104O49. The number of carboxylic acids is 23. The first-order chi connectivity index (χ1) is 44.1. The van der Waals surface area contributed by atoms with Crippen LogP contribution in [-0.4, -0.2) is 279 Å². The molecule has 0 aliphatic rings. The van der Waals surface area contributed by atoms with Crippen LogP contribution in [-0.2, 0) is 120 Å². The van der Waals surface area contributed by atoms with Crippen molar-refractivity contribution in [1.29, 1.82) is 0 Å². The largest absolute Gasteiger partial charge is 0.481 e. The molecule has 0 rings (SSSR count). The quantitative estimate of drug-likeness (QED) is 0.180. The number of aliphatic hydroxyl groups is 1. The van der Waals surface area contributed by atoms with E-state index < -0.39 is 137 Å². The lowest BCUT2D eigenvalue weighted by Crippen LogP contribution is -2.03. The summed E-state index contributed by atoms with van der Waals surface area (Å²) in [4.78, 5) is 217. The molecule has 606 valence electrons. The van der Waals surface area contributed by atoms with E-state index in [-0.39, 0.29) is 12.6 Å². The number of carboxylic acid groups (broad SMARTS) is 23. The minimum atomic E-state index is -0.833. The van der Waals surface area contributed by atoms with E-state index in [2.05, 4.69) is 4.74 Å². The van der Waals surface area contributed by atoms with E-state index in [0.717, 1.165) is 159 Å². The third-order valence-corrected chi connectivity index (χ3v) is 0.844. The Balaban J connectivity index is -0.0000000279. The number of hydrogen-bond acceptors (Lipinski definition) is 26. The monoisotopic (exact) mass is 1510 g/mol. The number of aliphatic carboxylic acids is 23. The molecule has 0 atom stereocenters. The number of carbonyl (C=O) groups excluding carboxylic acids is 1. The second-order valence-corrected chi connectivity index (χ2v) is 13.6. The zero-order valence-corrected chi connectivity index (χ0v) is 59.8. The summed E-state index contributed by atoms with van der Waals surface area (Å²) in [5, 5.41) is 179. The molecule has 0 aromatic heterocycles. The van der Waals surface area contributed by atoms with Crippen molar-refractivity contribution >= 4 is 143 Å². The Morgan fingerprint density at radius 3 is 0.277 bits per heavy atom. The molecule has 101 heavy (non-hydrogen) atoms. The lowest BCUT2D eigenvalue weighted by Gasteiger charge is -1.97. The Morgan fingerprint density at radius 2 is 0.238 bits per heavy atom. The maximum absolute atomic E-state index is 10.5. The van der Waals surface area contributed by atoms with Gasteiger partial charge in [0.15, 0.2) is 0 Å². The molecule has 0 fully saturated rings. The van der Waals surface area contributed by atoms with Crippen LogP contribution >= 0.6 is 0 Å². The van der Waals surface area contributed by atoms with Crippen LogP contribution in [0.4, 0.5) is 0 Å². The van der Waals surface area contributed by atoms with Crippen molar-refractivity contribution in [2.75, 3.05) is 13.2 Å². The normalized spacial score (nSPS) is 6.50. The van der Waals surface area contributed by atoms with E-state index in [4.69, 9.17) is 233 Å². The molecule has 0 unspecified atom stereocenters. The van der Waals surface area contributed by atoms with Gasteiger partial charge in [-0.1, -0.05) is 0 Å². The second kappa shape index (κ2) is 157. The molecule has 49 nitrogen and oxygen atoms in total. The molecule has 0 saturated heterocycles. The highest BCUT2D eigenvalue weighted by Gasteiger charge is 1.98. The molecule has 0 saturated carbocycles. The van der Waals surface area contributed by atoms with Crippen molar-refractivity contribution in [3.05, 3.63) is 0 Å². The maximum atomic E-state index is 10.5. The highest BCUT2D eigenvalue weighted by Crippen LogP contribution is 1.90. The smallest absolute Gasteiger partial charge is 0.305 e. The van der Waals surface area contributed by atoms with Gasteiger partial charge < -0.3 is 127 Å². The number of carbonyl (C=O) groups is 24. The van der Waals surface area contributed by atoms with E-state index in [1.807, 2.05) is 0 Å². The number of rotatable bonds is 4. The molecule has 0 aliphatic carbocycles. The molecule has 24 N–H and O–H groups in total. The van der Waals surface area contributed by atoms with E-state index in [0.29, 0.717) is 19.4 Å². The van der Waals surface area contributed by atoms with Crippen LogP contribution < -0.4 is 0 Å². The van der Waals surface area contributed by atoms with Gasteiger partial charge in [0.05, 0.1) is 6.61 Å². The summed E-state index contributed by atoms with van der Waals surface area (Å²) in [6, 6.07) is 0. The Kier molecular flexibility index (Phi) is 253. The molecule has 0 radical (unpaired) electrons. The summed E-state index contributed by atoms with van der Waals surface area (Å²) < 4.78 is 4.59. The van der Waals surface area contributed by atoms with Crippen molar-refractivity contribution in [2.24, 2.45) is 0 Å². The second-order valence-electron chi connectivity index (χ2n) is 13.6. The summed E-state index contributed by atoms with van der Waals surface area (Å²) in [7, 11) is 0. The SMILES string of the molecule is CC(=O)O.CC(=O)O.CC(=O)O.CC(=O)O.CC(=O)O.CC(=O)O.CC(=O)O.CC(=O)O.CC(=O)O.CC(=O)O.CC(=O)O.CC(=O)O.CC(=O)O.CC(=O)O.CC(=O)O.CC(=O)O.CC(=O)O.CC(=O)O.CC(=O)O.CC(=O)O.CC(=O)O.CC(=O)O.CC(=O)O.CCOC(=O)CCCO. The van der Waals surface area contributed by atoms with Crippen molar-refractivity contribution < 1.29 is 242 Å². The van der Waals surface area contributed by atoms with Crippen LogP contribution in [0, 0.1) is 0 Å². The zero-order valence-electron chi connectivity index (χ0n) is 59.8. The van der Waals surface area contributed by atoms with Crippen LogP contribution in [0.25, 0.3) is 0 Å². The predicted octanol–water partition coefficient (Wildman–Crippen LogP) is 2.41. The fourth-order valence-corrected chi connectivity index (χ4v) is 0.457. The van der Waals surface area contributed by atoms with Crippen molar-refractivity contribution in [3.63, 3.8) is 0 Å². The summed E-state index contributed by atoms with van der Waals surface area (Å²) in [6.45, 7) is 27.2. The average molecular weight is 1510 g/mol. The molecule has 0 heterocycles. The standard InChI is InChI=1S/C6H12O3.23C2H4O2/c1-2-9-6(8)4-3-5-7;23*1-2(3)4/h7H,2-5H2,1H3;23*1H3,(H,3,4). The van der Waals surface area contributed by atoms with Crippen molar-refractivity contribution in [3.8, 4) is 0 Å². The van der Waals surface area contributed by atoms with E-state index in [1.54, 1.807) is 6.92 Å². The molecule has 0 bridgehead atoms. The molecular weight excluding hydrogens is 1410 g/mol. The fraction of sp³-hybridized carbons (Fsp3) is 0.538. The summed E-state index contributed by atoms with van der Waals surface area (Å²) in [6.07, 6.45) is 0.823. The van der Waals surface area contributed by atoms with E-state index in [1.165, 1.54) is 0 Å². The van der Waals surface area contributed by atoms with Crippen molar-refractivity contribution in [1.82, 2.24) is 0 Å². The van der Waals surface area contributed by atoms with Gasteiger partial charge in [0.1, 0.15) is 0 Å². The fourth-order valence-electron chi connectivity index (χ4n) is 0.457. The van der Waals surface area contributed by atoms with Crippen molar-refractivity contribution in [2.45, 2.75) is 179 Å². The first-order valence-electron chi connectivity index (χ1n) is 24.4. The van der Waals surface area contributed by atoms with Crippen LogP contribution in [0.1, 0.15) is 179 Å². The molecule has 0 spiro atoms. The lowest BCUT2D eigenvalue weighted by molar-refractivity contribution is -0.144. The van der Waals surface area contributed by atoms with Gasteiger partial charge in [0, 0.05) is 172 Å². The minimum absolute atomic E-state index is 0.0544. The molecule has 0 aliphatic heterocycles. The van der Waals surface area contributed by atoms with E-state index >= 15 is 0 Å². The van der Waals surface area contributed by atoms with Crippen LogP contribution in [0.3, 0.4) is 0 Å². The third kappa shape index (κ3) is 19100. The van der Waals surface area contributed by atoms with Gasteiger partial charge in [-0.15, -0.1) is 0 Å². The van der Waals surface area contributed by atoms with Crippen LogP contribution in [0.2, 0.25) is 0 Å². The van der Waals surface area contributed by atoms with E-state index in [9.17, 15) is 4.79 Å². The number of esters is 1. The molecule has 49 heteroatoms. The third-order valence-electron chi connectivity index (χ3n) is 0.844. The van der Waals surface area contributed by atoms with Gasteiger partial charge >= 0.3 is 5.97 Å². The Labute approximate surface area is 577 Å². The van der Waals surface area contributed by atoms with Crippen LogP contribution in [0.5, 0.6) is 0 Å². The Morgan fingerprint density at radius 1 is 0.178 bits per heavy atom. The van der Waals surface area contributed by atoms with Gasteiger partial charge in [-0.25, -0.2) is 0 Å². The summed E-state index contributed by atoms with van der Waals surface area (Å²) in [5.41, 5.74) is 0. The number of ether oxygens (including phenoxy) is 1. The number of aliphatic hydroxyl groups excluding tert-OH is 1. The minimum Gasteiger partial charge on any atom is -0.481 e. The Bertz CT molecular complexity index is 1440. The maximum Gasteiger partial charge on any atom is 0.305 e. The van der Waals surface area contributed by atoms with Gasteiger partial charge in [0.25, 0.3) is 137 Å². The first kappa shape index (κ1) is 163. The van der Waals surface area contributed by atoms with Gasteiger partial charge in [-0.2, -0.15) is 0 Å². The summed E-state index contributed by atoms with van der Waals surface area (Å²) in [5.74, 6) is -19.4. The number of hydrogen-bond donors (Lipinski definition) is 24. The van der Waals surface area contributed by atoms with Gasteiger partial charge in [0.2, 0.25) is 0 Å². The molecule has 0 aromatic carbocycles. The summed E-state index contributed by atoms with van der Waals surface area (Å²) >= 11 is 0. The topological polar surface area (TPSA) is 904 Å². The first-order valence-corrected chi connectivity index (χ1v) is 24.4. The zero-order chi connectivity index (χ0) is 89.4. The Hall–Kier alpha value is -12.8. The van der Waals surface area contributed by atoms with Crippen LogP contribution in [0.15, 0.2) is 0 Å². The van der Waals surface area contributed by atoms with Gasteiger partial charge in [-0.3, -0.25) is 115 Å². The lowest BCUT2D eigenvalue weighted by atomic mass is 10.3. The predicted molar refractivity (Wildman–Crippen MR) is 339 cm³/mol. The molecule has 0 amide bonds. The van der Waals surface area contributed by atoms with Gasteiger partial charge in [-0.05, 0) is 13.3 Å². The molecule has 0 aromatic rings.